The first kappa shape index (κ1) is 41.4. The number of aromatic amines is 1. The number of nitrogens with zero attached hydrogens (tertiary/aromatic N) is 7. The number of hydrazone groups is 1. The number of aromatic nitrogens is 6. The number of rotatable bonds is 10. The zero-order valence-corrected chi connectivity index (χ0v) is 34.6. The number of halogens is 7. The average Bonchev–Trinajstić information content (AvgIpc) is 3.53. The molecule has 3 aliphatic carbocycles. The zero-order valence-electron chi connectivity index (χ0n) is 33.0. The SMILES string of the molecule is Cc1n[nH]c(C)c1-c1ccc2c(=O)n(C3=CC=C(Cl)C4C(NS(C)(=O)=O)=NN(C)C34)c([C@H](Cc3cc(F)cc(F)c3)NC(=O)Cn3nc(C(F)F)c4c3C(F)(F)[C@@H]3C[C@H]43)nc2c1. The molecule has 9 rings (SSSR count). The molecule has 2 unspecified atom stereocenters. The molecule has 1 fully saturated rings. The van der Waals surface area contributed by atoms with Gasteiger partial charge in [-0.25, -0.2) is 31.0 Å². The number of likely N-dealkylation sites (N-methyl/N-ethyl adjacent to an activating group) is 1. The van der Waals surface area contributed by atoms with Crippen LogP contribution in [0.2, 0.25) is 0 Å². The summed E-state index contributed by atoms with van der Waals surface area (Å²) < 4.78 is 118. The second-order valence-electron chi connectivity index (χ2n) is 15.9. The Balaban J connectivity index is 1.22. The average molecular weight is 901 g/mol. The first-order valence-electron chi connectivity index (χ1n) is 19.2. The minimum absolute atomic E-state index is 0.000627. The number of H-pyrrole nitrogens is 1. The Hall–Kier alpha value is -5.96. The Morgan fingerprint density at radius 1 is 1.10 bits per heavy atom. The molecule has 3 aromatic heterocycles. The van der Waals surface area contributed by atoms with Crippen LogP contribution in [-0.4, -0.2) is 74.0 Å². The molecule has 0 radical (unpaired) electrons. The fourth-order valence-corrected chi connectivity index (χ4v) is 9.93. The van der Waals surface area contributed by atoms with Crippen molar-refractivity contribution in [1.29, 1.82) is 0 Å². The summed E-state index contributed by atoms with van der Waals surface area (Å²) in [5, 5.41) is 19.6. The van der Waals surface area contributed by atoms with Gasteiger partial charge in [-0.15, -0.1) is 0 Å². The summed E-state index contributed by atoms with van der Waals surface area (Å²) in [6, 6.07) is 5.02. The van der Waals surface area contributed by atoms with Crippen LogP contribution in [0.15, 0.2) is 63.5 Å². The number of amides is 1. The number of carbonyl (C=O) groups is 1. The highest BCUT2D eigenvalue weighted by atomic mass is 35.5. The number of hydrogen-bond acceptors (Lipinski definition) is 9. The lowest BCUT2D eigenvalue weighted by Crippen LogP contribution is -2.44. The molecule has 2 aromatic carbocycles. The molecule has 0 saturated heterocycles. The number of carbonyl (C=O) groups excluding carboxylic acids is 1. The van der Waals surface area contributed by atoms with Gasteiger partial charge in [0, 0.05) is 47.3 Å². The summed E-state index contributed by atoms with van der Waals surface area (Å²) in [5.74, 6) is -9.77. The maximum absolute atomic E-state index is 15.5. The van der Waals surface area contributed by atoms with E-state index in [9.17, 15) is 30.8 Å². The highest BCUT2D eigenvalue weighted by Gasteiger charge is 2.67. The highest BCUT2D eigenvalue weighted by molar-refractivity contribution is 7.89. The quantitative estimate of drug-likeness (QED) is 0.146. The third-order valence-electron chi connectivity index (χ3n) is 11.6. The van der Waals surface area contributed by atoms with Gasteiger partial charge in [0.05, 0.1) is 40.5 Å². The van der Waals surface area contributed by atoms with Crippen molar-refractivity contribution in [2.24, 2.45) is 16.9 Å². The van der Waals surface area contributed by atoms with Crippen molar-refractivity contribution < 1.29 is 39.6 Å². The molecule has 4 aliphatic rings. The Labute approximate surface area is 353 Å². The highest BCUT2D eigenvalue weighted by Crippen LogP contribution is 2.68. The first-order chi connectivity index (χ1) is 29.2. The van der Waals surface area contributed by atoms with E-state index in [-0.39, 0.29) is 50.8 Å². The molecule has 1 aliphatic heterocycles. The van der Waals surface area contributed by atoms with Crippen molar-refractivity contribution in [2.45, 2.75) is 63.6 Å². The Kier molecular flexibility index (Phi) is 9.73. The first-order valence-corrected chi connectivity index (χ1v) is 21.5. The van der Waals surface area contributed by atoms with Crippen molar-refractivity contribution in [3.05, 3.63) is 115 Å². The van der Waals surface area contributed by atoms with Gasteiger partial charge in [0.15, 0.2) is 0 Å². The van der Waals surface area contributed by atoms with Crippen LogP contribution in [0.4, 0.5) is 26.3 Å². The van der Waals surface area contributed by atoms with Gasteiger partial charge in [-0.2, -0.15) is 24.1 Å². The summed E-state index contributed by atoms with van der Waals surface area (Å²) in [6.07, 6.45) is 0.204. The summed E-state index contributed by atoms with van der Waals surface area (Å²) in [7, 11) is -2.36. The van der Waals surface area contributed by atoms with Gasteiger partial charge >= 0.3 is 0 Å². The van der Waals surface area contributed by atoms with Gasteiger partial charge < -0.3 is 5.32 Å². The maximum Gasteiger partial charge on any atom is 0.293 e. The van der Waals surface area contributed by atoms with Crippen molar-refractivity contribution in [2.75, 3.05) is 13.3 Å². The Bertz CT molecular complexity index is 2980. The smallest absolute Gasteiger partial charge is 0.293 e. The molecule has 1 saturated carbocycles. The van der Waals surface area contributed by atoms with Gasteiger partial charge in [-0.3, -0.25) is 33.7 Å². The summed E-state index contributed by atoms with van der Waals surface area (Å²) in [5.41, 5.74) is 0.327. The summed E-state index contributed by atoms with van der Waals surface area (Å²) >= 11 is 6.69. The third-order valence-corrected chi connectivity index (χ3v) is 12.6. The molecule has 62 heavy (non-hydrogen) atoms. The van der Waals surface area contributed by atoms with Crippen LogP contribution < -0.4 is 15.6 Å². The van der Waals surface area contributed by atoms with E-state index in [0.29, 0.717) is 27.7 Å². The van der Waals surface area contributed by atoms with Crippen molar-refractivity contribution >= 4 is 50.0 Å². The summed E-state index contributed by atoms with van der Waals surface area (Å²) in [4.78, 5) is 34.1. The molecule has 4 heterocycles. The molecule has 0 spiro atoms. The van der Waals surface area contributed by atoms with Crippen LogP contribution in [0.5, 0.6) is 0 Å². The van der Waals surface area contributed by atoms with Crippen LogP contribution in [0.25, 0.3) is 27.7 Å². The number of amidine groups is 1. The van der Waals surface area contributed by atoms with Crippen LogP contribution in [-0.2, 0) is 33.7 Å². The number of nitrogens with one attached hydrogen (secondary N) is 3. The minimum atomic E-state index is -3.88. The molecule has 3 N–H and O–H groups in total. The molecule has 0 bridgehead atoms. The van der Waals surface area contributed by atoms with E-state index < -0.39 is 99.7 Å². The molecule has 324 valence electrons. The number of alkyl halides is 4. The maximum atomic E-state index is 15.5. The second-order valence-corrected chi connectivity index (χ2v) is 18.1. The van der Waals surface area contributed by atoms with E-state index in [4.69, 9.17) is 16.6 Å². The standard InChI is InChI=1S/C40H35ClF6N10O4S/c1-16-30(17(2)51-50-16)19-5-6-22-26(12-19)49-38(57(39(22)59)28-8-7-25(41)32-34(28)55(3)53-37(32)54-62(4,60)61)27(11-18-9-20(42)13-21(43)10-18)48-29(58)15-56-35-31(33(52-56)36(44)45)23-14-24(23)40(35,46)47/h5-10,12-13,23-24,27,32,34,36H,11,14-15H2,1-4H3,(H,48,58)(H,50,51)(H,53,54)/t23-,24+,27-,32?,34?/m0/s1. The molecule has 5 aromatic rings. The lowest BCUT2D eigenvalue weighted by Gasteiger charge is -2.33. The predicted molar refractivity (Wildman–Crippen MR) is 215 cm³/mol. The predicted octanol–water partition coefficient (Wildman–Crippen LogP) is 5.89. The molecular weight excluding hydrogens is 866 g/mol. The number of fused-ring (bicyclic) bond motifs is 5. The van der Waals surface area contributed by atoms with E-state index in [1.54, 1.807) is 32.0 Å². The topological polar surface area (TPSA) is 172 Å². The van der Waals surface area contributed by atoms with Gasteiger partial charge in [-0.05, 0) is 73.7 Å². The largest absolute Gasteiger partial charge is 0.344 e. The monoisotopic (exact) mass is 900 g/mol. The number of hydrogen-bond donors (Lipinski definition) is 3. The fraction of sp³-hybridized carbons (Fsp3) is 0.350. The Morgan fingerprint density at radius 2 is 1.82 bits per heavy atom. The van der Waals surface area contributed by atoms with E-state index in [0.717, 1.165) is 28.5 Å². The summed E-state index contributed by atoms with van der Waals surface area (Å²) in [6.45, 7) is 2.61. The second kappa shape index (κ2) is 14.6. The van der Waals surface area contributed by atoms with Crippen molar-refractivity contribution in [3.63, 3.8) is 0 Å². The lowest BCUT2D eigenvalue weighted by atomic mass is 9.91. The van der Waals surface area contributed by atoms with E-state index in [1.807, 2.05) is 0 Å². The van der Waals surface area contributed by atoms with Crippen molar-refractivity contribution in [1.82, 2.24) is 44.6 Å². The molecular formula is C40H35ClF6N10O4S. The van der Waals surface area contributed by atoms with E-state index in [2.05, 4.69) is 30.4 Å². The molecule has 1 amide bonds. The van der Waals surface area contributed by atoms with E-state index >= 15 is 13.6 Å². The Morgan fingerprint density at radius 3 is 2.48 bits per heavy atom. The number of aryl methyl sites for hydroxylation is 2. The molecule has 5 atom stereocenters. The normalized spacial score (nSPS) is 21.6. The van der Waals surface area contributed by atoms with Crippen LogP contribution in [0.1, 0.15) is 64.5 Å². The number of benzene rings is 2. The van der Waals surface area contributed by atoms with Gasteiger partial charge in [0.2, 0.25) is 15.9 Å². The van der Waals surface area contributed by atoms with E-state index in [1.165, 1.54) is 24.2 Å². The van der Waals surface area contributed by atoms with Crippen LogP contribution in [0.3, 0.4) is 0 Å². The zero-order chi connectivity index (χ0) is 44.3. The molecule has 14 nitrogen and oxygen atoms in total. The minimum Gasteiger partial charge on any atom is -0.344 e. The fourth-order valence-electron chi connectivity index (χ4n) is 9.09. The van der Waals surface area contributed by atoms with Crippen LogP contribution >= 0.6 is 11.6 Å². The van der Waals surface area contributed by atoms with Gasteiger partial charge in [-0.1, -0.05) is 17.7 Å². The number of sulfonamides is 1. The lowest BCUT2D eigenvalue weighted by molar-refractivity contribution is -0.123. The molecule has 22 heteroatoms. The van der Waals surface area contributed by atoms with Gasteiger partial charge in [0.1, 0.15) is 47.3 Å². The van der Waals surface area contributed by atoms with Gasteiger partial charge in [0.25, 0.3) is 17.9 Å². The number of allylic oxidation sites excluding steroid dienone is 2. The van der Waals surface area contributed by atoms with Crippen molar-refractivity contribution in [3.8, 4) is 11.1 Å². The third kappa shape index (κ3) is 6.94. The van der Waals surface area contributed by atoms with Crippen LogP contribution in [0, 0.1) is 37.3 Å².